The minimum absolute atomic E-state index is 0.218. The molecule has 1 aliphatic rings. The third-order valence-electron chi connectivity index (χ3n) is 5.92. The lowest BCUT2D eigenvalue weighted by atomic mass is 9.95. The van der Waals surface area contributed by atoms with Crippen LogP contribution in [0.15, 0.2) is 63.5 Å². The molecule has 4 rings (SSSR count). The van der Waals surface area contributed by atoms with E-state index in [0.717, 1.165) is 23.3 Å². The van der Waals surface area contributed by atoms with E-state index in [1.165, 1.54) is 11.3 Å². The van der Waals surface area contributed by atoms with Crippen molar-refractivity contribution in [3.63, 3.8) is 0 Å². The molecule has 2 heterocycles. The highest BCUT2D eigenvalue weighted by Crippen LogP contribution is 2.36. The molecule has 0 aliphatic carbocycles. The summed E-state index contributed by atoms with van der Waals surface area (Å²) in [5.74, 6) is 0.877. The molecule has 0 saturated heterocycles. The van der Waals surface area contributed by atoms with Gasteiger partial charge in [-0.2, -0.15) is 0 Å². The molecule has 1 aliphatic heterocycles. The Morgan fingerprint density at radius 1 is 1.14 bits per heavy atom. The molecule has 0 saturated carbocycles. The summed E-state index contributed by atoms with van der Waals surface area (Å²) >= 11 is 1.29. The number of esters is 1. The lowest BCUT2D eigenvalue weighted by Gasteiger charge is -2.26. The van der Waals surface area contributed by atoms with Crippen molar-refractivity contribution in [1.29, 1.82) is 0 Å². The summed E-state index contributed by atoms with van der Waals surface area (Å²) in [5.41, 5.74) is 3.19. The summed E-state index contributed by atoms with van der Waals surface area (Å²) in [4.78, 5) is 32.1. The summed E-state index contributed by atoms with van der Waals surface area (Å²) in [6.07, 6.45) is 2.66. The number of hydrogen-bond acceptors (Lipinski definition) is 7. The summed E-state index contributed by atoms with van der Waals surface area (Å²) in [5, 5.41) is 0. The maximum absolute atomic E-state index is 13.8. The fraction of sp³-hybridized carbons (Fsp3) is 0.321. The van der Waals surface area contributed by atoms with Gasteiger partial charge < -0.3 is 14.2 Å². The van der Waals surface area contributed by atoms with Crippen molar-refractivity contribution in [2.75, 3.05) is 20.3 Å². The molecular formula is C28H30N2O5S. The van der Waals surface area contributed by atoms with Gasteiger partial charge in [-0.05, 0) is 56.5 Å². The highest BCUT2D eigenvalue weighted by Gasteiger charge is 2.35. The smallest absolute Gasteiger partial charge is 0.338 e. The number of rotatable bonds is 8. The number of methoxy groups -OCH3 is 1. The molecule has 188 valence electrons. The molecule has 2 aromatic carbocycles. The SMILES string of the molecule is CCCOc1ccccc1C1C(C(=O)OCC)=C(C)N=c2sc(=Cc3ccc(C)c(OC)c3)c(=O)n21. The minimum Gasteiger partial charge on any atom is -0.496 e. The Balaban J connectivity index is 1.95. The fourth-order valence-electron chi connectivity index (χ4n) is 4.21. The first-order valence-corrected chi connectivity index (χ1v) is 12.8. The number of carbonyl (C=O) groups is 1. The fourth-order valence-corrected chi connectivity index (χ4v) is 5.26. The molecular weight excluding hydrogens is 476 g/mol. The molecule has 0 spiro atoms. The molecule has 0 radical (unpaired) electrons. The van der Waals surface area contributed by atoms with Gasteiger partial charge in [-0.15, -0.1) is 0 Å². The second-order valence-corrected chi connectivity index (χ2v) is 9.43. The zero-order valence-electron chi connectivity index (χ0n) is 21.2. The van der Waals surface area contributed by atoms with Crippen LogP contribution >= 0.6 is 11.3 Å². The van der Waals surface area contributed by atoms with Crippen LogP contribution in [0.4, 0.5) is 0 Å². The first-order chi connectivity index (χ1) is 17.4. The molecule has 1 aromatic heterocycles. The predicted octanol–water partition coefficient (Wildman–Crippen LogP) is 3.90. The van der Waals surface area contributed by atoms with Crippen LogP contribution in [0, 0.1) is 6.92 Å². The van der Waals surface area contributed by atoms with Crippen LogP contribution in [-0.2, 0) is 9.53 Å². The van der Waals surface area contributed by atoms with E-state index >= 15 is 0 Å². The number of carbonyl (C=O) groups excluding carboxylic acids is 1. The van der Waals surface area contributed by atoms with Crippen molar-refractivity contribution >= 4 is 23.4 Å². The number of nitrogens with zero attached hydrogens (tertiary/aromatic N) is 2. The third-order valence-corrected chi connectivity index (χ3v) is 6.91. The number of aromatic nitrogens is 1. The molecule has 0 amide bonds. The maximum Gasteiger partial charge on any atom is 0.338 e. The maximum atomic E-state index is 13.8. The molecule has 0 bridgehead atoms. The lowest BCUT2D eigenvalue weighted by Crippen LogP contribution is -2.40. The van der Waals surface area contributed by atoms with Crippen molar-refractivity contribution < 1.29 is 19.0 Å². The van der Waals surface area contributed by atoms with Gasteiger partial charge in [-0.25, -0.2) is 9.79 Å². The largest absolute Gasteiger partial charge is 0.496 e. The normalized spacial score (nSPS) is 15.4. The highest BCUT2D eigenvalue weighted by atomic mass is 32.1. The first kappa shape index (κ1) is 25.4. The monoisotopic (exact) mass is 506 g/mol. The van der Waals surface area contributed by atoms with Gasteiger partial charge in [0, 0.05) is 5.56 Å². The Kier molecular flexibility index (Phi) is 7.74. The second kappa shape index (κ2) is 11.0. The van der Waals surface area contributed by atoms with Gasteiger partial charge in [0.1, 0.15) is 17.5 Å². The van der Waals surface area contributed by atoms with E-state index < -0.39 is 12.0 Å². The third kappa shape index (κ3) is 4.86. The van der Waals surface area contributed by atoms with E-state index in [1.807, 2.05) is 62.4 Å². The lowest BCUT2D eigenvalue weighted by molar-refractivity contribution is -0.139. The standard InChI is InChI=1S/C28H30N2O5S/c1-6-14-35-21-11-9-8-10-20(21)25-24(27(32)34-7-2)18(4)29-28-30(25)26(31)23(36-28)16-19-13-12-17(3)22(15-19)33-5/h8-13,15-16,25H,6-7,14H2,1-5H3. The zero-order valence-corrected chi connectivity index (χ0v) is 22.0. The summed E-state index contributed by atoms with van der Waals surface area (Å²) in [6, 6.07) is 12.6. The van der Waals surface area contributed by atoms with Crippen molar-refractivity contribution in [2.45, 2.75) is 40.2 Å². The van der Waals surface area contributed by atoms with Gasteiger partial charge in [-0.1, -0.05) is 48.6 Å². The van der Waals surface area contributed by atoms with Crippen molar-refractivity contribution in [1.82, 2.24) is 4.57 Å². The molecule has 7 nitrogen and oxygen atoms in total. The Labute approximate surface area is 214 Å². The van der Waals surface area contributed by atoms with Crippen LogP contribution in [0.25, 0.3) is 6.08 Å². The van der Waals surface area contributed by atoms with Crippen LogP contribution in [0.5, 0.6) is 11.5 Å². The number of thiazole rings is 1. The van der Waals surface area contributed by atoms with E-state index in [9.17, 15) is 9.59 Å². The van der Waals surface area contributed by atoms with Gasteiger partial charge in [-0.3, -0.25) is 9.36 Å². The second-order valence-electron chi connectivity index (χ2n) is 8.42. The van der Waals surface area contributed by atoms with Crippen molar-refractivity contribution in [2.24, 2.45) is 4.99 Å². The van der Waals surface area contributed by atoms with Gasteiger partial charge in [0.15, 0.2) is 4.80 Å². The van der Waals surface area contributed by atoms with E-state index in [2.05, 4.69) is 4.99 Å². The summed E-state index contributed by atoms with van der Waals surface area (Å²) < 4.78 is 18.9. The highest BCUT2D eigenvalue weighted by molar-refractivity contribution is 7.07. The summed E-state index contributed by atoms with van der Waals surface area (Å²) in [7, 11) is 1.62. The van der Waals surface area contributed by atoms with Gasteiger partial charge in [0.2, 0.25) is 0 Å². The number of aryl methyl sites for hydroxylation is 1. The van der Waals surface area contributed by atoms with E-state index in [-0.39, 0.29) is 12.2 Å². The van der Waals surface area contributed by atoms with Crippen LogP contribution in [-0.4, -0.2) is 30.9 Å². The quantitative estimate of drug-likeness (QED) is 0.433. The Bertz CT molecular complexity index is 1500. The van der Waals surface area contributed by atoms with E-state index in [0.29, 0.717) is 38.5 Å². The topological polar surface area (TPSA) is 79.1 Å². The zero-order chi connectivity index (χ0) is 25.8. The number of allylic oxidation sites excluding steroid dienone is 1. The first-order valence-electron chi connectivity index (χ1n) is 12.0. The molecule has 36 heavy (non-hydrogen) atoms. The van der Waals surface area contributed by atoms with Gasteiger partial charge in [0.25, 0.3) is 5.56 Å². The minimum atomic E-state index is -0.719. The Morgan fingerprint density at radius 2 is 1.92 bits per heavy atom. The average Bonchev–Trinajstić information content (AvgIpc) is 3.17. The van der Waals surface area contributed by atoms with Crippen LogP contribution < -0.4 is 24.4 Å². The van der Waals surface area contributed by atoms with Gasteiger partial charge >= 0.3 is 5.97 Å². The Hall–Kier alpha value is -3.65. The number of para-hydroxylation sites is 1. The van der Waals surface area contributed by atoms with Crippen molar-refractivity contribution in [3.8, 4) is 11.5 Å². The van der Waals surface area contributed by atoms with E-state index in [4.69, 9.17) is 14.2 Å². The number of ether oxygens (including phenoxy) is 3. The molecule has 0 N–H and O–H groups in total. The number of benzene rings is 2. The summed E-state index contributed by atoms with van der Waals surface area (Å²) in [6.45, 7) is 8.26. The predicted molar refractivity (Wildman–Crippen MR) is 140 cm³/mol. The van der Waals surface area contributed by atoms with Crippen LogP contribution in [0.2, 0.25) is 0 Å². The average molecular weight is 507 g/mol. The van der Waals surface area contributed by atoms with Gasteiger partial charge in [0.05, 0.1) is 36.1 Å². The molecule has 3 aromatic rings. The molecule has 8 heteroatoms. The van der Waals surface area contributed by atoms with Crippen LogP contribution in [0.3, 0.4) is 0 Å². The number of fused-ring (bicyclic) bond motifs is 1. The number of hydrogen-bond donors (Lipinski definition) is 0. The Morgan fingerprint density at radius 3 is 2.64 bits per heavy atom. The molecule has 1 unspecified atom stereocenters. The molecule has 1 atom stereocenters. The van der Waals surface area contributed by atoms with E-state index in [1.54, 1.807) is 25.5 Å². The van der Waals surface area contributed by atoms with Crippen molar-refractivity contribution in [3.05, 3.63) is 90.1 Å². The molecule has 0 fully saturated rings. The van der Waals surface area contributed by atoms with Crippen LogP contribution in [0.1, 0.15) is 49.9 Å².